The van der Waals surface area contributed by atoms with Gasteiger partial charge in [-0.25, -0.2) is 4.79 Å². The van der Waals surface area contributed by atoms with E-state index in [0.29, 0.717) is 6.42 Å². The van der Waals surface area contributed by atoms with E-state index in [0.717, 1.165) is 17.7 Å². The molecule has 0 aliphatic carbocycles. The summed E-state index contributed by atoms with van der Waals surface area (Å²) in [6.45, 7) is 3.04. The van der Waals surface area contributed by atoms with Crippen LogP contribution in [-0.4, -0.2) is 40.0 Å². The number of hydrogen-bond acceptors (Lipinski definition) is 3. The fourth-order valence-electron chi connectivity index (χ4n) is 1.73. The number of carboxylic acid groups (broad SMARTS) is 1. The van der Waals surface area contributed by atoms with Crippen molar-refractivity contribution in [3.8, 4) is 0 Å². The first-order valence-electron chi connectivity index (χ1n) is 5.26. The number of carboxylic acids is 1. The Labute approximate surface area is 93.6 Å². The van der Waals surface area contributed by atoms with Crippen LogP contribution in [0.1, 0.15) is 33.1 Å². The molecule has 1 atom stereocenters. The molecule has 1 saturated heterocycles. The zero-order chi connectivity index (χ0) is 12.3. The van der Waals surface area contributed by atoms with Crippen molar-refractivity contribution in [2.24, 2.45) is 0 Å². The van der Waals surface area contributed by atoms with Gasteiger partial charge in [0, 0.05) is 0 Å². The number of hydrogen-bond donors (Lipinski definition) is 2. The third-order valence-electron chi connectivity index (χ3n) is 2.67. The van der Waals surface area contributed by atoms with E-state index in [9.17, 15) is 14.4 Å². The van der Waals surface area contributed by atoms with Gasteiger partial charge in [0.2, 0.25) is 0 Å². The number of unbranched alkanes of at least 4 members (excludes halogenated alkanes) is 1. The van der Waals surface area contributed by atoms with Crippen molar-refractivity contribution >= 4 is 17.9 Å². The molecular weight excluding hydrogens is 212 g/mol. The predicted molar refractivity (Wildman–Crippen MR) is 55.8 cm³/mol. The molecular formula is C10H16N2O4. The minimum atomic E-state index is -1.19. The maximum atomic E-state index is 11.9. The second-order valence-electron chi connectivity index (χ2n) is 4.15. The highest BCUT2D eigenvalue weighted by Crippen LogP contribution is 2.23. The van der Waals surface area contributed by atoms with Gasteiger partial charge in [0.05, 0.1) is 0 Å². The quantitative estimate of drug-likeness (QED) is 0.673. The standard InChI is InChI=1S/C10H16N2O4/c1-3-4-5-10(2)8(15)12(6-7(13)14)9(16)11-10/h3-6H2,1-2H3,(H,11,16)(H,13,14)/t10-/m1/s1. The Morgan fingerprint density at radius 2 is 2.12 bits per heavy atom. The highest BCUT2D eigenvalue weighted by molar-refractivity contribution is 6.08. The summed E-state index contributed by atoms with van der Waals surface area (Å²) in [7, 11) is 0. The van der Waals surface area contributed by atoms with E-state index in [-0.39, 0.29) is 0 Å². The molecule has 0 spiro atoms. The fourth-order valence-corrected chi connectivity index (χ4v) is 1.73. The van der Waals surface area contributed by atoms with Crippen molar-refractivity contribution in [1.29, 1.82) is 0 Å². The summed E-state index contributed by atoms with van der Waals surface area (Å²) >= 11 is 0. The zero-order valence-electron chi connectivity index (χ0n) is 9.45. The van der Waals surface area contributed by atoms with Gasteiger partial charge in [0.15, 0.2) is 0 Å². The first-order valence-corrected chi connectivity index (χ1v) is 5.26. The average molecular weight is 228 g/mol. The second-order valence-corrected chi connectivity index (χ2v) is 4.15. The summed E-state index contributed by atoms with van der Waals surface area (Å²) in [5.74, 6) is -1.64. The van der Waals surface area contributed by atoms with Crippen molar-refractivity contribution in [2.75, 3.05) is 6.54 Å². The van der Waals surface area contributed by atoms with Crippen LogP contribution in [0.4, 0.5) is 4.79 Å². The van der Waals surface area contributed by atoms with Crippen molar-refractivity contribution in [1.82, 2.24) is 10.2 Å². The molecule has 0 radical (unpaired) electrons. The first-order chi connectivity index (χ1) is 7.40. The highest BCUT2D eigenvalue weighted by Gasteiger charge is 2.47. The second kappa shape index (κ2) is 4.51. The molecule has 6 heteroatoms. The summed E-state index contributed by atoms with van der Waals surface area (Å²) in [4.78, 5) is 34.5. The predicted octanol–water partition coefficient (Wildman–Crippen LogP) is 0.572. The van der Waals surface area contributed by atoms with Crippen LogP contribution in [0, 0.1) is 0 Å². The SMILES string of the molecule is CCCC[C@@]1(C)NC(=O)N(CC(=O)O)C1=O. The lowest BCUT2D eigenvalue weighted by molar-refractivity contribution is -0.142. The maximum absolute atomic E-state index is 11.9. The number of amides is 3. The van der Waals surface area contributed by atoms with E-state index < -0.39 is 30.0 Å². The molecule has 1 aliphatic heterocycles. The molecule has 1 fully saturated rings. The largest absolute Gasteiger partial charge is 0.480 e. The van der Waals surface area contributed by atoms with E-state index in [4.69, 9.17) is 5.11 Å². The van der Waals surface area contributed by atoms with Crippen LogP contribution in [-0.2, 0) is 9.59 Å². The van der Waals surface area contributed by atoms with Crippen LogP contribution in [0.15, 0.2) is 0 Å². The summed E-state index contributed by atoms with van der Waals surface area (Å²) in [6, 6.07) is -0.619. The Bertz CT molecular complexity index is 329. The van der Waals surface area contributed by atoms with Crippen molar-refractivity contribution < 1.29 is 19.5 Å². The summed E-state index contributed by atoms with van der Waals surface area (Å²) in [6.07, 6.45) is 2.26. The van der Waals surface area contributed by atoms with Gasteiger partial charge in [-0.1, -0.05) is 19.8 Å². The van der Waals surface area contributed by atoms with Gasteiger partial charge in [-0.05, 0) is 13.3 Å². The third kappa shape index (κ3) is 2.32. The Morgan fingerprint density at radius 3 is 2.62 bits per heavy atom. The van der Waals surface area contributed by atoms with Crippen LogP contribution in [0.2, 0.25) is 0 Å². The molecule has 1 heterocycles. The minimum absolute atomic E-state index is 0.451. The normalized spacial score (nSPS) is 24.8. The van der Waals surface area contributed by atoms with Gasteiger partial charge < -0.3 is 10.4 Å². The van der Waals surface area contributed by atoms with Crippen LogP contribution < -0.4 is 5.32 Å². The van der Waals surface area contributed by atoms with Crippen LogP contribution in [0.3, 0.4) is 0 Å². The van der Waals surface area contributed by atoms with Gasteiger partial charge in [-0.2, -0.15) is 0 Å². The summed E-state index contributed by atoms with van der Waals surface area (Å²) < 4.78 is 0. The third-order valence-corrected chi connectivity index (χ3v) is 2.67. The molecule has 0 saturated carbocycles. The Balaban J connectivity index is 2.76. The number of nitrogens with zero attached hydrogens (tertiary/aromatic N) is 1. The summed E-state index contributed by atoms with van der Waals surface area (Å²) in [5.41, 5.74) is -0.942. The van der Waals surface area contributed by atoms with Gasteiger partial charge in [-0.3, -0.25) is 14.5 Å². The van der Waals surface area contributed by atoms with Crippen LogP contribution >= 0.6 is 0 Å². The molecule has 1 aliphatic rings. The molecule has 1 rings (SSSR count). The van der Waals surface area contributed by atoms with Crippen LogP contribution in [0.25, 0.3) is 0 Å². The van der Waals surface area contributed by atoms with Gasteiger partial charge in [-0.15, -0.1) is 0 Å². The molecule has 0 aromatic rings. The van der Waals surface area contributed by atoms with E-state index >= 15 is 0 Å². The van der Waals surface area contributed by atoms with Crippen molar-refractivity contribution in [2.45, 2.75) is 38.6 Å². The molecule has 0 bridgehead atoms. The van der Waals surface area contributed by atoms with E-state index in [2.05, 4.69) is 5.32 Å². The molecule has 0 aromatic heterocycles. The maximum Gasteiger partial charge on any atom is 0.325 e. The molecule has 16 heavy (non-hydrogen) atoms. The lowest BCUT2D eigenvalue weighted by Crippen LogP contribution is -2.44. The molecule has 0 aromatic carbocycles. The highest BCUT2D eigenvalue weighted by atomic mass is 16.4. The Hall–Kier alpha value is -1.59. The minimum Gasteiger partial charge on any atom is -0.480 e. The van der Waals surface area contributed by atoms with Gasteiger partial charge in [0.25, 0.3) is 5.91 Å². The van der Waals surface area contributed by atoms with Crippen LogP contribution in [0.5, 0.6) is 0 Å². The molecule has 2 N–H and O–H groups in total. The number of carbonyl (C=O) groups excluding carboxylic acids is 2. The molecule has 6 nitrogen and oxygen atoms in total. The van der Waals surface area contributed by atoms with Gasteiger partial charge >= 0.3 is 12.0 Å². The smallest absolute Gasteiger partial charge is 0.325 e. The molecule has 0 unspecified atom stereocenters. The number of rotatable bonds is 5. The van der Waals surface area contributed by atoms with E-state index in [1.807, 2.05) is 6.92 Å². The summed E-state index contributed by atoms with van der Waals surface area (Å²) in [5, 5.41) is 11.1. The zero-order valence-corrected chi connectivity index (χ0v) is 9.45. The van der Waals surface area contributed by atoms with E-state index in [1.54, 1.807) is 6.92 Å². The monoisotopic (exact) mass is 228 g/mol. The fraction of sp³-hybridized carbons (Fsp3) is 0.700. The number of imide groups is 1. The first kappa shape index (κ1) is 12.5. The Kier molecular flexibility index (Phi) is 3.51. The number of carbonyl (C=O) groups is 3. The Morgan fingerprint density at radius 1 is 1.50 bits per heavy atom. The topological polar surface area (TPSA) is 86.7 Å². The van der Waals surface area contributed by atoms with Gasteiger partial charge in [0.1, 0.15) is 12.1 Å². The molecule has 3 amide bonds. The number of nitrogens with one attached hydrogen (secondary N) is 1. The number of urea groups is 1. The molecule has 90 valence electrons. The lowest BCUT2D eigenvalue weighted by atomic mass is 9.95. The van der Waals surface area contributed by atoms with E-state index in [1.165, 1.54) is 0 Å². The van der Waals surface area contributed by atoms with Crippen molar-refractivity contribution in [3.63, 3.8) is 0 Å². The lowest BCUT2D eigenvalue weighted by Gasteiger charge is -2.20. The average Bonchev–Trinajstić information content (AvgIpc) is 2.39. The van der Waals surface area contributed by atoms with Crippen molar-refractivity contribution in [3.05, 3.63) is 0 Å². The number of aliphatic carboxylic acids is 1.